The van der Waals surface area contributed by atoms with Crippen LogP contribution in [0.25, 0.3) is 0 Å². The first kappa shape index (κ1) is 15.2. The molecule has 3 rings (SSSR count). The first-order valence-electron chi connectivity index (χ1n) is 7.78. The van der Waals surface area contributed by atoms with Gasteiger partial charge in [-0.3, -0.25) is 4.79 Å². The summed E-state index contributed by atoms with van der Waals surface area (Å²) in [5, 5.41) is 0.762. The van der Waals surface area contributed by atoms with Crippen LogP contribution in [0.2, 0.25) is 5.02 Å². The average molecular weight is 324 g/mol. The van der Waals surface area contributed by atoms with Crippen molar-refractivity contribution in [1.82, 2.24) is 4.90 Å². The smallest absolute Gasteiger partial charge is 0.233 e. The van der Waals surface area contributed by atoms with Crippen molar-refractivity contribution in [3.8, 4) is 0 Å². The second kappa shape index (κ2) is 6.62. The van der Waals surface area contributed by atoms with Crippen LogP contribution < -0.4 is 0 Å². The molecule has 0 N–H and O–H groups in total. The average Bonchev–Trinajstić information content (AvgIpc) is 3.34. The SMILES string of the molecule is CC(C1CC1)N(C(=O)CSCc1ccc(Cl)cc1)C1CC1. The van der Waals surface area contributed by atoms with Crippen LogP contribution in [0.1, 0.15) is 38.2 Å². The molecule has 2 aliphatic rings. The van der Waals surface area contributed by atoms with Crippen LogP contribution in [0.5, 0.6) is 0 Å². The van der Waals surface area contributed by atoms with Crippen LogP contribution in [0, 0.1) is 5.92 Å². The van der Waals surface area contributed by atoms with E-state index >= 15 is 0 Å². The Kier molecular flexibility index (Phi) is 4.80. The molecule has 0 heterocycles. The zero-order valence-corrected chi connectivity index (χ0v) is 14.0. The van der Waals surface area contributed by atoms with E-state index in [1.807, 2.05) is 24.3 Å². The summed E-state index contributed by atoms with van der Waals surface area (Å²) in [6.45, 7) is 2.23. The maximum atomic E-state index is 12.5. The maximum absolute atomic E-state index is 12.5. The molecular formula is C17H22ClNOS. The number of halogens is 1. The molecule has 1 aromatic carbocycles. The summed E-state index contributed by atoms with van der Waals surface area (Å²) < 4.78 is 0. The van der Waals surface area contributed by atoms with Crippen molar-refractivity contribution in [3.05, 3.63) is 34.9 Å². The van der Waals surface area contributed by atoms with Gasteiger partial charge in [0.15, 0.2) is 0 Å². The second-order valence-electron chi connectivity index (χ2n) is 6.23. The summed E-state index contributed by atoms with van der Waals surface area (Å²) in [6, 6.07) is 8.86. The van der Waals surface area contributed by atoms with Crippen molar-refractivity contribution in [3.63, 3.8) is 0 Å². The van der Waals surface area contributed by atoms with Gasteiger partial charge < -0.3 is 4.90 Å². The van der Waals surface area contributed by atoms with Gasteiger partial charge in [0, 0.05) is 22.9 Å². The lowest BCUT2D eigenvalue weighted by Gasteiger charge is -2.29. The molecule has 4 heteroatoms. The molecule has 0 bridgehead atoms. The molecule has 2 fully saturated rings. The molecule has 0 radical (unpaired) electrons. The topological polar surface area (TPSA) is 20.3 Å². The molecule has 0 saturated heterocycles. The normalized spacial score (nSPS) is 19.3. The van der Waals surface area contributed by atoms with Crippen LogP contribution in [0.3, 0.4) is 0 Å². The highest BCUT2D eigenvalue weighted by Gasteiger charge is 2.41. The third-order valence-electron chi connectivity index (χ3n) is 4.38. The maximum Gasteiger partial charge on any atom is 0.233 e. The standard InChI is InChI=1S/C17H22ClNOS/c1-12(14-4-5-14)19(16-8-9-16)17(20)11-21-10-13-2-6-15(18)7-3-13/h2-3,6-7,12,14,16H,4-5,8-11H2,1H3. The van der Waals surface area contributed by atoms with Gasteiger partial charge in [-0.25, -0.2) is 0 Å². The van der Waals surface area contributed by atoms with Crippen molar-refractivity contribution in [2.75, 3.05) is 5.75 Å². The van der Waals surface area contributed by atoms with E-state index in [1.54, 1.807) is 11.8 Å². The highest BCUT2D eigenvalue weighted by atomic mass is 35.5. The highest BCUT2D eigenvalue weighted by Crippen LogP contribution is 2.40. The molecule has 1 aromatic rings. The van der Waals surface area contributed by atoms with E-state index in [1.165, 1.54) is 31.2 Å². The molecule has 1 atom stereocenters. The van der Waals surface area contributed by atoms with Crippen LogP contribution in [0.4, 0.5) is 0 Å². The minimum absolute atomic E-state index is 0.330. The highest BCUT2D eigenvalue weighted by molar-refractivity contribution is 7.99. The molecule has 2 nitrogen and oxygen atoms in total. The summed E-state index contributed by atoms with van der Waals surface area (Å²) in [5.41, 5.74) is 1.23. The number of carbonyl (C=O) groups excluding carboxylic acids is 1. The van der Waals surface area contributed by atoms with E-state index in [4.69, 9.17) is 11.6 Å². The molecule has 2 aliphatic carbocycles. The first-order valence-corrected chi connectivity index (χ1v) is 9.32. The van der Waals surface area contributed by atoms with Gasteiger partial charge in [0.25, 0.3) is 0 Å². The Morgan fingerprint density at radius 2 is 1.95 bits per heavy atom. The Morgan fingerprint density at radius 1 is 1.29 bits per heavy atom. The first-order chi connectivity index (χ1) is 10.1. The molecule has 0 aromatic heterocycles. The van der Waals surface area contributed by atoms with Gasteiger partial charge in [-0.1, -0.05) is 23.7 Å². The van der Waals surface area contributed by atoms with Crippen LogP contribution in [0.15, 0.2) is 24.3 Å². The number of amides is 1. The molecule has 114 valence electrons. The fourth-order valence-electron chi connectivity index (χ4n) is 2.83. The van der Waals surface area contributed by atoms with Crippen LogP contribution in [-0.4, -0.2) is 28.6 Å². The third-order valence-corrected chi connectivity index (χ3v) is 5.62. The number of carbonyl (C=O) groups is 1. The Balaban J connectivity index is 1.49. The van der Waals surface area contributed by atoms with Crippen molar-refractivity contribution >= 4 is 29.3 Å². The van der Waals surface area contributed by atoms with Gasteiger partial charge >= 0.3 is 0 Å². The Labute approximate surface area is 136 Å². The number of benzene rings is 1. The quantitative estimate of drug-likeness (QED) is 0.743. The summed E-state index contributed by atoms with van der Waals surface area (Å²) in [4.78, 5) is 14.7. The van der Waals surface area contributed by atoms with Gasteiger partial charge in [-0.05, 0) is 56.2 Å². The van der Waals surface area contributed by atoms with Crippen molar-refractivity contribution in [2.24, 2.45) is 5.92 Å². The fraction of sp³-hybridized carbons (Fsp3) is 0.588. The summed E-state index contributed by atoms with van der Waals surface area (Å²) in [7, 11) is 0. The van der Waals surface area contributed by atoms with Gasteiger partial charge in [-0.2, -0.15) is 0 Å². The largest absolute Gasteiger partial charge is 0.336 e. The van der Waals surface area contributed by atoms with Gasteiger partial charge in [0.2, 0.25) is 5.91 Å². The zero-order valence-electron chi connectivity index (χ0n) is 12.4. The van der Waals surface area contributed by atoms with Gasteiger partial charge in [-0.15, -0.1) is 11.8 Å². The van der Waals surface area contributed by atoms with E-state index in [-0.39, 0.29) is 0 Å². The number of rotatable bonds is 7. The number of nitrogens with zero attached hydrogens (tertiary/aromatic N) is 1. The fourth-order valence-corrected chi connectivity index (χ4v) is 3.81. The predicted molar refractivity (Wildman–Crippen MR) is 89.7 cm³/mol. The van der Waals surface area contributed by atoms with Gasteiger partial charge in [0.05, 0.1) is 5.75 Å². The zero-order chi connectivity index (χ0) is 14.8. The second-order valence-corrected chi connectivity index (χ2v) is 7.65. The van der Waals surface area contributed by atoms with Crippen molar-refractivity contribution < 1.29 is 4.79 Å². The Hall–Kier alpha value is -0.670. The van der Waals surface area contributed by atoms with E-state index in [0.29, 0.717) is 23.7 Å². The third kappa shape index (κ3) is 4.17. The van der Waals surface area contributed by atoms with Gasteiger partial charge in [0.1, 0.15) is 0 Å². The Bertz CT molecular complexity index is 496. The lowest BCUT2D eigenvalue weighted by Crippen LogP contribution is -2.42. The van der Waals surface area contributed by atoms with E-state index in [2.05, 4.69) is 11.8 Å². The number of hydrogen-bond donors (Lipinski definition) is 0. The van der Waals surface area contributed by atoms with Crippen LogP contribution in [-0.2, 0) is 10.5 Å². The lowest BCUT2D eigenvalue weighted by atomic mass is 10.2. The molecule has 0 aliphatic heterocycles. The molecule has 0 spiro atoms. The Morgan fingerprint density at radius 3 is 2.52 bits per heavy atom. The number of thioether (sulfide) groups is 1. The van der Waals surface area contributed by atoms with Crippen LogP contribution >= 0.6 is 23.4 Å². The minimum atomic E-state index is 0.330. The number of hydrogen-bond acceptors (Lipinski definition) is 2. The predicted octanol–water partition coefficient (Wildman–Crippen LogP) is 4.36. The van der Waals surface area contributed by atoms with Crippen molar-refractivity contribution in [2.45, 2.75) is 50.4 Å². The van der Waals surface area contributed by atoms with E-state index < -0.39 is 0 Å². The molecule has 1 amide bonds. The molecule has 21 heavy (non-hydrogen) atoms. The summed E-state index contributed by atoms with van der Waals surface area (Å²) in [5.74, 6) is 2.56. The lowest BCUT2D eigenvalue weighted by molar-refractivity contribution is -0.131. The van der Waals surface area contributed by atoms with E-state index in [0.717, 1.165) is 16.7 Å². The molecular weight excluding hydrogens is 302 g/mol. The van der Waals surface area contributed by atoms with Crippen molar-refractivity contribution in [1.29, 1.82) is 0 Å². The molecule has 1 unspecified atom stereocenters. The summed E-state index contributed by atoms with van der Waals surface area (Å²) >= 11 is 7.59. The summed E-state index contributed by atoms with van der Waals surface area (Å²) in [6.07, 6.45) is 5.00. The molecule has 2 saturated carbocycles. The monoisotopic (exact) mass is 323 g/mol. The van der Waals surface area contributed by atoms with E-state index in [9.17, 15) is 4.79 Å². The minimum Gasteiger partial charge on any atom is -0.336 e.